The van der Waals surface area contributed by atoms with Crippen LogP contribution >= 0.6 is 0 Å². The molecule has 11 aromatic rings. The molecule has 0 saturated heterocycles. The lowest BCUT2D eigenvalue weighted by Crippen LogP contribution is -2.02. The Morgan fingerprint density at radius 1 is 0.328 bits per heavy atom. The van der Waals surface area contributed by atoms with Gasteiger partial charge in [-0.25, -0.2) is 0 Å². The van der Waals surface area contributed by atoms with Crippen LogP contribution in [-0.4, -0.2) is 9.13 Å². The van der Waals surface area contributed by atoms with Gasteiger partial charge in [0.05, 0.1) is 16.6 Å². The SMILES string of the molecule is C1=Cc2c(n(-c3ccccc3)c3cc(-c4cc(-c5ccc6ccc7ccccc7c6c5)cc(-c5ccc6c7ccccc7n(-c7ccccc7)c6c5)c4)ccc23)CC1. The number of allylic oxidation sites excluding steroid dienone is 1. The van der Waals surface area contributed by atoms with Crippen molar-refractivity contribution >= 4 is 60.3 Å². The average Bonchev–Trinajstić information content (AvgIpc) is 3.81. The van der Waals surface area contributed by atoms with Crippen LogP contribution in [0.25, 0.3) is 105 Å². The van der Waals surface area contributed by atoms with Crippen molar-refractivity contribution in [3.05, 3.63) is 211 Å². The van der Waals surface area contributed by atoms with Crippen molar-refractivity contribution < 1.29 is 0 Å². The maximum atomic E-state index is 2.49. The van der Waals surface area contributed by atoms with Gasteiger partial charge in [0.1, 0.15) is 0 Å². The predicted octanol–water partition coefficient (Wildman–Crippen LogP) is 15.0. The minimum atomic E-state index is 1.03. The molecule has 0 radical (unpaired) electrons. The molecule has 0 N–H and O–H groups in total. The summed E-state index contributed by atoms with van der Waals surface area (Å²) in [7, 11) is 0. The smallest absolute Gasteiger partial charge is 0.0547 e. The van der Waals surface area contributed by atoms with Gasteiger partial charge in [0.2, 0.25) is 0 Å². The number of hydrogen-bond acceptors (Lipinski definition) is 0. The molecule has 12 rings (SSSR count). The lowest BCUT2D eigenvalue weighted by atomic mass is 9.91. The van der Waals surface area contributed by atoms with Crippen molar-refractivity contribution in [2.75, 3.05) is 0 Å². The van der Waals surface area contributed by atoms with Crippen LogP contribution < -0.4 is 0 Å². The molecule has 272 valence electrons. The van der Waals surface area contributed by atoms with Crippen molar-refractivity contribution in [3.63, 3.8) is 0 Å². The van der Waals surface area contributed by atoms with E-state index in [9.17, 15) is 0 Å². The second kappa shape index (κ2) is 13.1. The number of hydrogen-bond donors (Lipinski definition) is 0. The molecule has 0 spiro atoms. The molecule has 0 aliphatic heterocycles. The molecule has 0 fully saturated rings. The normalized spacial score (nSPS) is 12.6. The fraction of sp³-hybridized carbons (Fsp3) is 0.0357. The molecule has 0 unspecified atom stereocenters. The first-order valence-corrected chi connectivity index (χ1v) is 20.3. The lowest BCUT2D eigenvalue weighted by Gasteiger charge is -2.15. The number of aromatic nitrogens is 2. The van der Waals surface area contributed by atoms with Crippen LogP contribution in [-0.2, 0) is 6.42 Å². The van der Waals surface area contributed by atoms with Crippen molar-refractivity contribution in [1.82, 2.24) is 9.13 Å². The van der Waals surface area contributed by atoms with Gasteiger partial charge in [-0.15, -0.1) is 0 Å². The zero-order valence-corrected chi connectivity index (χ0v) is 31.9. The largest absolute Gasteiger partial charge is 0.313 e. The highest BCUT2D eigenvalue weighted by molar-refractivity contribution is 6.11. The molecular formula is C56H38N2. The zero-order valence-electron chi connectivity index (χ0n) is 31.9. The minimum Gasteiger partial charge on any atom is -0.313 e. The first-order chi connectivity index (χ1) is 28.7. The summed E-state index contributed by atoms with van der Waals surface area (Å²) >= 11 is 0. The third-order valence-electron chi connectivity index (χ3n) is 12.3. The van der Waals surface area contributed by atoms with E-state index in [2.05, 4.69) is 215 Å². The molecule has 2 heteroatoms. The summed E-state index contributed by atoms with van der Waals surface area (Å²) in [6.07, 6.45) is 6.74. The van der Waals surface area contributed by atoms with E-state index >= 15 is 0 Å². The van der Waals surface area contributed by atoms with Crippen LogP contribution in [0.1, 0.15) is 17.7 Å². The maximum absolute atomic E-state index is 2.49. The van der Waals surface area contributed by atoms with E-state index in [1.165, 1.54) is 105 Å². The Balaban J connectivity index is 1.10. The highest BCUT2D eigenvalue weighted by Gasteiger charge is 2.20. The second-order valence-electron chi connectivity index (χ2n) is 15.6. The quantitative estimate of drug-likeness (QED) is 0.156. The Hall–Kier alpha value is -7.42. The number of nitrogens with zero attached hydrogens (tertiary/aromatic N) is 2. The average molecular weight is 739 g/mol. The summed E-state index contributed by atoms with van der Waals surface area (Å²) in [5, 5.41) is 8.89. The topological polar surface area (TPSA) is 9.86 Å². The molecule has 2 nitrogen and oxygen atoms in total. The van der Waals surface area contributed by atoms with Gasteiger partial charge in [-0.2, -0.15) is 0 Å². The van der Waals surface area contributed by atoms with Crippen LogP contribution in [0.3, 0.4) is 0 Å². The standard InChI is InChI=1S/C56H38N2/c1-3-14-45(15-4-1)57-53-21-11-9-19-48(53)50-29-27-40(35-55(50)57)43-31-42(39-26-25-38-24-23-37-13-7-8-18-47(37)52(38)34-39)32-44(33-43)41-28-30-51-49-20-10-12-22-54(49)58(56(51)36-41)46-16-5-2-6-17-46/h1-11,13-21,23-36H,12,22H2. The zero-order chi connectivity index (χ0) is 38.2. The van der Waals surface area contributed by atoms with Gasteiger partial charge in [0.15, 0.2) is 0 Å². The van der Waals surface area contributed by atoms with E-state index < -0.39 is 0 Å². The molecule has 2 aromatic heterocycles. The Kier molecular flexibility index (Phi) is 7.39. The molecule has 0 atom stereocenters. The first-order valence-electron chi connectivity index (χ1n) is 20.3. The Bertz CT molecular complexity index is 3430. The van der Waals surface area contributed by atoms with Gasteiger partial charge in [-0.05, 0) is 134 Å². The molecular weight excluding hydrogens is 701 g/mol. The third-order valence-corrected chi connectivity index (χ3v) is 12.3. The molecule has 0 saturated carbocycles. The summed E-state index contributed by atoms with van der Waals surface area (Å²) in [4.78, 5) is 0. The summed E-state index contributed by atoms with van der Waals surface area (Å²) in [5.41, 5.74) is 16.0. The van der Waals surface area contributed by atoms with E-state index in [1.807, 2.05) is 0 Å². The molecule has 2 heterocycles. The lowest BCUT2D eigenvalue weighted by molar-refractivity contribution is 0.888. The van der Waals surface area contributed by atoms with Gasteiger partial charge >= 0.3 is 0 Å². The number of para-hydroxylation sites is 3. The van der Waals surface area contributed by atoms with Crippen LogP contribution in [0, 0.1) is 0 Å². The van der Waals surface area contributed by atoms with E-state index in [0.29, 0.717) is 0 Å². The summed E-state index contributed by atoms with van der Waals surface area (Å²) in [6, 6.07) is 71.8. The summed E-state index contributed by atoms with van der Waals surface area (Å²) < 4.78 is 4.91. The second-order valence-corrected chi connectivity index (χ2v) is 15.6. The minimum absolute atomic E-state index is 1.03. The monoisotopic (exact) mass is 738 g/mol. The third kappa shape index (κ3) is 5.19. The van der Waals surface area contributed by atoms with E-state index in [0.717, 1.165) is 18.5 Å². The molecule has 58 heavy (non-hydrogen) atoms. The van der Waals surface area contributed by atoms with Crippen molar-refractivity contribution in [3.8, 4) is 44.8 Å². The molecule has 0 bridgehead atoms. The van der Waals surface area contributed by atoms with Crippen molar-refractivity contribution in [1.29, 1.82) is 0 Å². The van der Waals surface area contributed by atoms with Crippen LogP contribution in [0.4, 0.5) is 0 Å². The Morgan fingerprint density at radius 3 is 1.57 bits per heavy atom. The van der Waals surface area contributed by atoms with Gasteiger partial charge in [0, 0.05) is 38.8 Å². The van der Waals surface area contributed by atoms with Crippen LogP contribution in [0.2, 0.25) is 0 Å². The van der Waals surface area contributed by atoms with Crippen LogP contribution in [0.5, 0.6) is 0 Å². The van der Waals surface area contributed by atoms with Crippen LogP contribution in [0.15, 0.2) is 200 Å². The first kappa shape index (κ1) is 32.8. The van der Waals surface area contributed by atoms with Gasteiger partial charge in [0.25, 0.3) is 0 Å². The van der Waals surface area contributed by atoms with E-state index in [4.69, 9.17) is 0 Å². The van der Waals surface area contributed by atoms with E-state index in [-0.39, 0.29) is 0 Å². The summed E-state index contributed by atoms with van der Waals surface area (Å²) in [6.45, 7) is 0. The molecule has 1 aliphatic rings. The van der Waals surface area contributed by atoms with Gasteiger partial charge in [-0.1, -0.05) is 140 Å². The van der Waals surface area contributed by atoms with Crippen molar-refractivity contribution in [2.45, 2.75) is 12.8 Å². The maximum Gasteiger partial charge on any atom is 0.0547 e. The highest BCUT2D eigenvalue weighted by atomic mass is 15.0. The fourth-order valence-electron chi connectivity index (χ4n) is 9.59. The Morgan fingerprint density at radius 2 is 0.845 bits per heavy atom. The number of rotatable bonds is 5. The highest BCUT2D eigenvalue weighted by Crippen LogP contribution is 2.41. The molecule has 0 amide bonds. The predicted molar refractivity (Wildman–Crippen MR) is 246 cm³/mol. The number of fused-ring (bicyclic) bond motifs is 9. The van der Waals surface area contributed by atoms with Crippen molar-refractivity contribution in [2.24, 2.45) is 0 Å². The molecule has 9 aromatic carbocycles. The summed E-state index contributed by atoms with van der Waals surface area (Å²) in [5.74, 6) is 0. The van der Waals surface area contributed by atoms with Gasteiger partial charge in [-0.3, -0.25) is 0 Å². The number of benzene rings is 9. The van der Waals surface area contributed by atoms with E-state index in [1.54, 1.807) is 0 Å². The fourth-order valence-corrected chi connectivity index (χ4v) is 9.59. The van der Waals surface area contributed by atoms with Gasteiger partial charge < -0.3 is 9.13 Å². The molecule has 1 aliphatic carbocycles. The Labute approximate surface area is 337 Å².